The minimum absolute atomic E-state index is 0.0816. The highest BCUT2D eigenvalue weighted by Gasteiger charge is 2.33. The molecule has 31 heavy (non-hydrogen) atoms. The number of nitrogens with zero attached hydrogens (tertiary/aromatic N) is 4. The lowest BCUT2D eigenvalue weighted by Crippen LogP contribution is -2.50. The Morgan fingerprint density at radius 2 is 2.03 bits per heavy atom. The molecule has 7 nitrogen and oxygen atoms in total. The molecule has 7 heteroatoms. The lowest BCUT2D eigenvalue weighted by molar-refractivity contribution is -0.0282. The number of aromatic nitrogens is 2. The first-order chi connectivity index (χ1) is 15.0. The molecule has 0 saturated carbocycles. The molecule has 1 saturated heterocycles. The number of rotatable bonds is 5. The van der Waals surface area contributed by atoms with Crippen molar-refractivity contribution in [2.24, 2.45) is 7.05 Å². The number of pyridine rings is 2. The Kier molecular flexibility index (Phi) is 5.92. The zero-order chi connectivity index (χ0) is 22.0. The summed E-state index contributed by atoms with van der Waals surface area (Å²) in [6, 6.07) is 13.0. The van der Waals surface area contributed by atoms with E-state index in [1.165, 1.54) is 0 Å². The van der Waals surface area contributed by atoms with Crippen LogP contribution in [0, 0.1) is 13.5 Å². The van der Waals surface area contributed by atoms with Crippen LogP contribution in [0.2, 0.25) is 0 Å². The summed E-state index contributed by atoms with van der Waals surface area (Å²) in [4.78, 5) is 22.7. The zero-order valence-electron chi connectivity index (χ0n) is 18.0. The van der Waals surface area contributed by atoms with Crippen molar-refractivity contribution >= 4 is 22.5 Å². The fourth-order valence-corrected chi connectivity index (χ4v) is 4.08. The summed E-state index contributed by atoms with van der Waals surface area (Å²) < 4.78 is 13.9. The van der Waals surface area contributed by atoms with Gasteiger partial charge in [0.25, 0.3) is 11.4 Å². The molecule has 2 aromatic heterocycles. The monoisotopic (exact) mass is 418 g/mol. The van der Waals surface area contributed by atoms with Crippen LogP contribution in [0.4, 0.5) is 11.5 Å². The van der Waals surface area contributed by atoms with Crippen LogP contribution >= 0.6 is 0 Å². The van der Waals surface area contributed by atoms with Gasteiger partial charge in [-0.15, -0.1) is 4.98 Å². The second-order valence-corrected chi connectivity index (χ2v) is 7.73. The Hall–Kier alpha value is -3.37. The van der Waals surface area contributed by atoms with E-state index in [0.717, 1.165) is 23.4 Å². The van der Waals surface area contributed by atoms with Gasteiger partial charge in [-0.05, 0) is 37.6 Å². The minimum atomic E-state index is -0.151. The van der Waals surface area contributed by atoms with Gasteiger partial charge in [0.1, 0.15) is 18.0 Å². The SMILES string of the molecule is [C-]#[N+]c1ccc2c(n1)c(N1CC[C@H](Oc3ccccc3C)[C@@H](OCC)C1)cc(=O)n2C. The third-order valence-electron chi connectivity index (χ3n) is 5.76. The van der Waals surface area contributed by atoms with Gasteiger partial charge >= 0.3 is 0 Å². The molecule has 1 fully saturated rings. The van der Waals surface area contributed by atoms with E-state index >= 15 is 0 Å². The minimum Gasteiger partial charge on any atom is -0.487 e. The largest absolute Gasteiger partial charge is 0.487 e. The molecule has 3 heterocycles. The summed E-state index contributed by atoms with van der Waals surface area (Å²) in [6.45, 7) is 13.2. The third-order valence-corrected chi connectivity index (χ3v) is 5.76. The van der Waals surface area contributed by atoms with E-state index in [2.05, 4.69) is 14.7 Å². The molecule has 0 N–H and O–H groups in total. The fourth-order valence-electron chi connectivity index (χ4n) is 4.08. The van der Waals surface area contributed by atoms with Gasteiger partial charge in [0.2, 0.25) is 5.52 Å². The molecule has 1 aromatic carbocycles. The van der Waals surface area contributed by atoms with Crippen LogP contribution in [-0.4, -0.2) is 41.5 Å². The van der Waals surface area contributed by atoms with Crippen molar-refractivity contribution in [2.45, 2.75) is 32.5 Å². The molecule has 0 amide bonds. The van der Waals surface area contributed by atoms with Crippen molar-refractivity contribution in [1.29, 1.82) is 0 Å². The van der Waals surface area contributed by atoms with Crippen molar-refractivity contribution in [3.63, 3.8) is 0 Å². The van der Waals surface area contributed by atoms with E-state index in [0.29, 0.717) is 36.5 Å². The maximum atomic E-state index is 12.6. The summed E-state index contributed by atoms with van der Waals surface area (Å²) in [7, 11) is 1.72. The maximum absolute atomic E-state index is 12.6. The first kappa shape index (κ1) is 20.9. The van der Waals surface area contributed by atoms with Gasteiger partial charge in [-0.25, -0.2) is 0 Å². The third kappa shape index (κ3) is 4.12. The summed E-state index contributed by atoms with van der Waals surface area (Å²) >= 11 is 0. The molecule has 0 bridgehead atoms. The molecule has 160 valence electrons. The molecule has 2 atom stereocenters. The Morgan fingerprint density at radius 1 is 1.23 bits per heavy atom. The average Bonchev–Trinajstić information content (AvgIpc) is 2.78. The zero-order valence-corrected chi connectivity index (χ0v) is 18.0. The van der Waals surface area contributed by atoms with Gasteiger partial charge in [0.05, 0.1) is 11.2 Å². The Morgan fingerprint density at radius 3 is 2.77 bits per heavy atom. The number of aryl methyl sites for hydroxylation is 2. The van der Waals surface area contributed by atoms with Crippen LogP contribution in [0.5, 0.6) is 5.75 Å². The molecule has 0 aliphatic carbocycles. The number of piperidine rings is 1. The quantitative estimate of drug-likeness (QED) is 0.589. The first-order valence-corrected chi connectivity index (χ1v) is 10.5. The Balaban J connectivity index is 1.67. The fraction of sp³-hybridized carbons (Fsp3) is 0.375. The van der Waals surface area contributed by atoms with Crippen LogP contribution in [0.3, 0.4) is 0 Å². The van der Waals surface area contributed by atoms with E-state index in [-0.39, 0.29) is 17.8 Å². The van der Waals surface area contributed by atoms with Crippen LogP contribution in [0.15, 0.2) is 47.3 Å². The van der Waals surface area contributed by atoms with Crippen LogP contribution in [0.25, 0.3) is 15.9 Å². The Bertz CT molecular complexity index is 1200. The number of fused-ring (bicyclic) bond motifs is 1. The normalized spacial score (nSPS) is 18.7. The molecule has 1 aliphatic rings. The number of anilines is 1. The van der Waals surface area contributed by atoms with Crippen molar-refractivity contribution in [1.82, 2.24) is 9.55 Å². The van der Waals surface area contributed by atoms with Crippen molar-refractivity contribution in [3.05, 3.63) is 69.8 Å². The van der Waals surface area contributed by atoms with Crippen LogP contribution in [0.1, 0.15) is 18.9 Å². The molecule has 0 spiro atoms. The number of hydrogen-bond donors (Lipinski definition) is 0. The lowest BCUT2D eigenvalue weighted by atomic mass is 10.0. The molecule has 0 radical (unpaired) electrons. The number of hydrogen-bond acceptors (Lipinski definition) is 5. The summed E-state index contributed by atoms with van der Waals surface area (Å²) in [5, 5.41) is 0. The number of benzene rings is 1. The topological polar surface area (TPSA) is 61.0 Å². The second kappa shape index (κ2) is 8.78. The van der Waals surface area contributed by atoms with Crippen molar-refractivity contribution in [2.75, 3.05) is 24.6 Å². The predicted octanol–water partition coefficient (Wildman–Crippen LogP) is 3.86. The van der Waals surface area contributed by atoms with Gasteiger partial charge in [-0.1, -0.05) is 24.8 Å². The van der Waals surface area contributed by atoms with Crippen LogP contribution in [-0.2, 0) is 11.8 Å². The summed E-state index contributed by atoms with van der Waals surface area (Å²) in [5.74, 6) is 1.18. The second-order valence-electron chi connectivity index (χ2n) is 7.73. The number of para-hydroxylation sites is 1. The van der Waals surface area contributed by atoms with E-state index in [4.69, 9.17) is 16.0 Å². The van der Waals surface area contributed by atoms with E-state index in [1.54, 1.807) is 29.8 Å². The van der Waals surface area contributed by atoms with Crippen LogP contribution < -0.4 is 15.2 Å². The molecular formula is C24H26N4O3. The predicted molar refractivity (Wildman–Crippen MR) is 121 cm³/mol. The summed E-state index contributed by atoms with van der Waals surface area (Å²) in [5.41, 5.74) is 3.09. The summed E-state index contributed by atoms with van der Waals surface area (Å²) in [6.07, 6.45) is 0.515. The van der Waals surface area contributed by atoms with Gasteiger partial charge in [0, 0.05) is 39.2 Å². The standard InChI is InChI=1S/C24H26N4O3/c1-5-30-21-15-28(13-12-20(21)31-19-9-7-6-8-16(19)2)18-14-23(29)27(4)17-10-11-22(25-3)26-24(17)18/h6-11,14,20-21H,5,12-13,15H2,1-2,4H3/t20-,21-/m0/s1. The first-order valence-electron chi connectivity index (χ1n) is 10.5. The van der Waals surface area contributed by atoms with E-state index < -0.39 is 0 Å². The molecule has 1 aliphatic heterocycles. The van der Waals surface area contributed by atoms with E-state index in [9.17, 15) is 4.79 Å². The molecule has 3 aromatic rings. The highest BCUT2D eigenvalue weighted by molar-refractivity contribution is 5.89. The lowest BCUT2D eigenvalue weighted by Gasteiger charge is -2.39. The molecule has 0 unspecified atom stereocenters. The smallest absolute Gasteiger partial charge is 0.270 e. The molecular weight excluding hydrogens is 392 g/mol. The number of ether oxygens (including phenoxy) is 2. The van der Waals surface area contributed by atoms with Gasteiger partial charge < -0.3 is 23.8 Å². The maximum Gasteiger partial charge on any atom is 0.270 e. The van der Waals surface area contributed by atoms with Gasteiger partial charge in [-0.3, -0.25) is 4.79 Å². The van der Waals surface area contributed by atoms with Crippen molar-refractivity contribution in [3.8, 4) is 5.75 Å². The van der Waals surface area contributed by atoms with E-state index in [1.807, 2.05) is 38.1 Å². The molecule has 4 rings (SSSR count). The Labute approximate surface area is 181 Å². The van der Waals surface area contributed by atoms with Crippen molar-refractivity contribution < 1.29 is 9.47 Å². The van der Waals surface area contributed by atoms with Gasteiger partial charge in [0.15, 0.2) is 0 Å². The highest BCUT2D eigenvalue weighted by atomic mass is 16.5. The van der Waals surface area contributed by atoms with Gasteiger partial charge in [-0.2, -0.15) is 0 Å². The highest BCUT2D eigenvalue weighted by Crippen LogP contribution is 2.30. The average molecular weight is 418 g/mol.